The minimum absolute atomic E-state index is 0.000492. The molecule has 3 saturated heterocycles. The van der Waals surface area contributed by atoms with Gasteiger partial charge < -0.3 is 25.2 Å². The van der Waals surface area contributed by atoms with Crippen molar-refractivity contribution in [3.05, 3.63) is 117 Å². The number of ether oxygens (including phenoxy) is 1. The Morgan fingerprint density at radius 2 is 1.68 bits per heavy atom. The number of hydrogen-bond acceptors (Lipinski definition) is 12. The van der Waals surface area contributed by atoms with Crippen LogP contribution in [0, 0.1) is 15.5 Å². The number of benzene rings is 3. The fourth-order valence-corrected chi connectivity index (χ4v) is 10.5. The molecule has 1 aromatic heterocycles. The summed E-state index contributed by atoms with van der Waals surface area (Å²) in [6.45, 7) is 12.1. The third-order valence-corrected chi connectivity index (χ3v) is 14.6. The Labute approximate surface area is 375 Å². The number of amides is 1. The Morgan fingerprint density at radius 1 is 0.937 bits per heavy atom. The molecular formula is C47H57ClN8O6S. The van der Waals surface area contributed by atoms with Crippen LogP contribution in [-0.4, -0.2) is 105 Å². The largest absolute Gasteiger partial charge is 0.381 e. The third kappa shape index (κ3) is 11.0. The number of carbonyl (C=O) groups is 1. The predicted molar refractivity (Wildman–Crippen MR) is 248 cm³/mol. The van der Waals surface area contributed by atoms with Gasteiger partial charge in [-0.2, -0.15) is 0 Å². The van der Waals surface area contributed by atoms with Crippen LogP contribution in [0.2, 0.25) is 5.02 Å². The van der Waals surface area contributed by atoms with Gasteiger partial charge in [-0.15, -0.1) is 0 Å². The van der Waals surface area contributed by atoms with Gasteiger partial charge in [0.2, 0.25) is 0 Å². The quantitative estimate of drug-likeness (QED) is 0.0871. The van der Waals surface area contributed by atoms with E-state index in [-0.39, 0.29) is 33.3 Å². The summed E-state index contributed by atoms with van der Waals surface area (Å²) in [6.07, 6.45) is 10.1. The summed E-state index contributed by atoms with van der Waals surface area (Å²) in [6, 6.07) is 21.3. The molecule has 0 bridgehead atoms. The number of aromatic nitrogens is 1. The first kappa shape index (κ1) is 44.5. The molecule has 3 aliphatic heterocycles. The van der Waals surface area contributed by atoms with E-state index < -0.39 is 20.9 Å². The SMILES string of the molecule is CC1(C)CCC(CN2CCN(c3ccc(C(=O)NS(=O)(=O)c4ccc(NC5CCN(C6CCOCC6)CC5)c([N+](=O)[O-])c4)c(Nc4cccnc4)c3)CC2)=C(c2ccc(Cl)cc2)C1. The average Bonchev–Trinajstić information content (AvgIpc) is 3.28. The Hall–Kier alpha value is -5.06. The number of nitro groups is 1. The van der Waals surface area contributed by atoms with Gasteiger partial charge in [-0.1, -0.05) is 43.2 Å². The number of nitro benzene ring substituents is 1. The van der Waals surface area contributed by atoms with E-state index in [1.807, 2.05) is 24.3 Å². The van der Waals surface area contributed by atoms with Crippen molar-refractivity contribution in [3.8, 4) is 0 Å². The van der Waals surface area contributed by atoms with Crippen LogP contribution in [0.4, 0.5) is 28.4 Å². The Bertz CT molecular complexity index is 2410. The van der Waals surface area contributed by atoms with Crippen LogP contribution in [0.3, 0.4) is 0 Å². The molecule has 63 heavy (non-hydrogen) atoms. The number of sulfonamides is 1. The zero-order valence-corrected chi connectivity index (χ0v) is 37.6. The third-order valence-electron chi connectivity index (χ3n) is 13.0. The molecule has 0 spiro atoms. The highest BCUT2D eigenvalue weighted by Crippen LogP contribution is 2.43. The minimum Gasteiger partial charge on any atom is -0.381 e. The average molecular weight is 898 g/mol. The van der Waals surface area contributed by atoms with Crippen molar-refractivity contribution in [2.24, 2.45) is 5.41 Å². The Balaban J connectivity index is 0.948. The Kier molecular flexibility index (Phi) is 13.7. The van der Waals surface area contributed by atoms with Gasteiger partial charge in [-0.25, -0.2) is 13.1 Å². The maximum atomic E-state index is 13.9. The zero-order valence-electron chi connectivity index (χ0n) is 36.0. The number of likely N-dealkylation sites (tertiary alicyclic amines) is 1. The van der Waals surface area contributed by atoms with E-state index in [0.29, 0.717) is 17.4 Å². The van der Waals surface area contributed by atoms with Crippen molar-refractivity contribution in [2.75, 3.05) is 74.6 Å². The smallest absolute Gasteiger partial charge is 0.293 e. The fraction of sp³-hybridized carbons (Fsp3) is 0.447. The van der Waals surface area contributed by atoms with Gasteiger partial charge >= 0.3 is 0 Å². The molecule has 0 atom stereocenters. The van der Waals surface area contributed by atoms with Crippen molar-refractivity contribution in [3.63, 3.8) is 0 Å². The number of piperidine rings is 1. The first-order valence-corrected chi connectivity index (χ1v) is 23.9. The van der Waals surface area contributed by atoms with Crippen LogP contribution in [0.5, 0.6) is 0 Å². The minimum atomic E-state index is -4.52. The molecule has 14 nitrogen and oxygen atoms in total. The lowest BCUT2D eigenvalue weighted by Gasteiger charge is -2.39. The van der Waals surface area contributed by atoms with Gasteiger partial charge in [0, 0.05) is 94.1 Å². The lowest BCUT2D eigenvalue weighted by molar-refractivity contribution is -0.384. The highest BCUT2D eigenvalue weighted by atomic mass is 35.5. The number of halogens is 1. The standard InChI is InChI=1S/C47H57ClN8O6S/c1-47(2)18-13-34(42(30-47)33-5-7-35(48)8-6-33)32-53-22-24-55(25-23-53)39-9-11-41(44(28-39)51-37-4-3-19-49-31-37)46(57)52-63(60,61)40-10-12-43(45(29-40)56(58)59)50-36-14-20-54(21-15-36)38-16-26-62-27-17-38/h3-12,19,28-29,31,36,38,50-51H,13-18,20-27,30,32H2,1-2H3,(H,52,57). The highest BCUT2D eigenvalue weighted by Gasteiger charge is 2.32. The molecule has 3 fully saturated rings. The van der Waals surface area contributed by atoms with Crippen LogP contribution in [0.15, 0.2) is 95.7 Å². The highest BCUT2D eigenvalue weighted by molar-refractivity contribution is 7.90. The molecule has 4 aliphatic rings. The number of nitrogens with zero attached hydrogens (tertiary/aromatic N) is 5. The van der Waals surface area contributed by atoms with Crippen LogP contribution in [0.25, 0.3) is 5.57 Å². The molecule has 0 unspecified atom stereocenters. The maximum Gasteiger partial charge on any atom is 0.293 e. The van der Waals surface area contributed by atoms with E-state index >= 15 is 0 Å². The fourth-order valence-electron chi connectivity index (χ4n) is 9.39. The van der Waals surface area contributed by atoms with Crippen LogP contribution in [-0.2, 0) is 14.8 Å². The van der Waals surface area contributed by atoms with E-state index in [2.05, 4.69) is 61.0 Å². The second-order valence-electron chi connectivity index (χ2n) is 18.0. The number of allylic oxidation sites excluding steroid dienone is 1. The van der Waals surface area contributed by atoms with Gasteiger partial charge in [-0.3, -0.25) is 24.8 Å². The first-order valence-electron chi connectivity index (χ1n) is 22.0. The monoisotopic (exact) mass is 896 g/mol. The molecule has 4 heterocycles. The molecular weight excluding hydrogens is 840 g/mol. The van der Waals surface area contributed by atoms with Crippen molar-refractivity contribution in [2.45, 2.75) is 75.8 Å². The number of carbonyl (C=O) groups excluding carboxylic acids is 1. The molecule has 0 saturated carbocycles. The van der Waals surface area contributed by atoms with Crippen molar-refractivity contribution in [1.29, 1.82) is 0 Å². The van der Waals surface area contributed by atoms with Crippen LogP contribution < -0.4 is 20.3 Å². The maximum absolute atomic E-state index is 13.9. The van der Waals surface area contributed by atoms with Gasteiger partial charge in [0.15, 0.2) is 0 Å². The summed E-state index contributed by atoms with van der Waals surface area (Å²) in [4.78, 5) is 36.6. The Morgan fingerprint density at radius 3 is 2.38 bits per heavy atom. The molecule has 1 aliphatic carbocycles. The number of piperazine rings is 1. The van der Waals surface area contributed by atoms with Gasteiger partial charge in [0.05, 0.1) is 33.0 Å². The number of nitrogens with one attached hydrogen (secondary N) is 3. The lowest BCUT2D eigenvalue weighted by atomic mass is 9.72. The number of rotatable bonds is 13. The summed E-state index contributed by atoms with van der Waals surface area (Å²) < 4.78 is 35.2. The van der Waals surface area contributed by atoms with Crippen molar-refractivity contribution < 1.29 is 22.9 Å². The molecule has 8 rings (SSSR count). The van der Waals surface area contributed by atoms with Gasteiger partial charge in [0.25, 0.3) is 21.6 Å². The molecule has 4 aromatic rings. The summed E-state index contributed by atoms with van der Waals surface area (Å²) >= 11 is 6.24. The number of hydrogen-bond donors (Lipinski definition) is 3. The van der Waals surface area contributed by atoms with E-state index in [1.165, 1.54) is 28.8 Å². The lowest BCUT2D eigenvalue weighted by Crippen LogP contribution is -2.47. The topological polar surface area (TPSA) is 162 Å². The summed E-state index contributed by atoms with van der Waals surface area (Å²) in [5, 5.41) is 19.6. The van der Waals surface area contributed by atoms with Crippen molar-refractivity contribution in [1.82, 2.24) is 19.5 Å². The van der Waals surface area contributed by atoms with E-state index in [4.69, 9.17) is 16.3 Å². The van der Waals surface area contributed by atoms with E-state index in [9.17, 15) is 23.3 Å². The molecule has 16 heteroatoms. The molecule has 334 valence electrons. The number of pyridine rings is 1. The van der Waals surface area contributed by atoms with Gasteiger partial charge in [-0.05, 0) is 116 Å². The second kappa shape index (κ2) is 19.4. The summed E-state index contributed by atoms with van der Waals surface area (Å²) in [5.74, 6) is -0.876. The number of anilines is 4. The summed E-state index contributed by atoms with van der Waals surface area (Å²) in [7, 11) is -4.52. The van der Waals surface area contributed by atoms with E-state index in [0.717, 1.165) is 121 Å². The molecule has 1 amide bonds. The zero-order chi connectivity index (χ0) is 44.1. The van der Waals surface area contributed by atoms with Gasteiger partial charge in [0.1, 0.15) is 5.69 Å². The van der Waals surface area contributed by atoms with Crippen LogP contribution in [0.1, 0.15) is 74.7 Å². The molecule has 0 radical (unpaired) electrons. The van der Waals surface area contributed by atoms with Crippen molar-refractivity contribution >= 4 is 61.5 Å². The normalized spacial score (nSPS) is 19.4. The summed E-state index contributed by atoms with van der Waals surface area (Å²) in [5.41, 5.74) is 6.24. The molecule has 3 N–H and O–H groups in total. The van der Waals surface area contributed by atoms with Crippen LogP contribution >= 0.6 is 11.6 Å². The predicted octanol–water partition coefficient (Wildman–Crippen LogP) is 8.35. The van der Waals surface area contributed by atoms with E-state index in [1.54, 1.807) is 30.6 Å². The first-order chi connectivity index (χ1) is 30.3. The second-order valence-corrected chi connectivity index (χ2v) is 20.1. The molecule has 3 aromatic carbocycles.